The Morgan fingerprint density at radius 3 is 2.86 bits per heavy atom. The monoisotopic (exact) mass is 395 g/mol. The number of amides is 1. The highest BCUT2D eigenvalue weighted by Crippen LogP contribution is 2.19. The van der Waals surface area contributed by atoms with E-state index in [2.05, 4.69) is 25.4 Å². The largest absolute Gasteiger partial charge is 0.335 e. The molecule has 0 fully saturated rings. The van der Waals surface area contributed by atoms with Crippen molar-refractivity contribution in [1.82, 2.24) is 15.0 Å². The number of carbonyl (C=O) groups is 1. The minimum atomic E-state index is -0.233. The minimum Gasteiger partial charge on any atom is -0.335 e. The first-order valence-corrected chi connectivity index (χ1v) is 8.97. The molecule has 0 aliphatic rings. The first-order valence-electron chi connectivity index (χ1n) is 8.60. The molecule has 28 heavy (non-hydrogen) atoms. The molecular weight excluding hydrogens is 378 g/mol. The number of hydrogen-bond acceptors (Lipinski definition) is 6. The van der Waals surface area contributed by atoms with Crippen LogP contribution in [0.4, 0.5) is 5.82 Å². The van der Waals surface area contributed by atoms with Crippen molar-refractivity contribution < 1.29 is 9.63 Å². The predicted molar refractivity (Wildman–Crippen MR) is 108 cm³/mol. The SMILES string of the molecule is Cc1ccncc1C(=O)Nc1ccc(CC/C=N/Oc2ncccc2Cl)cn1. The number of aryl methyl sites for hydroxylation is 2. The van der Waals surface area contributed by atoms with Crippen molar-refractivity contribution in [1.29, 1.82) is 0 Å². The fourth-order valence-corrected chi connectivity index (χ4v) is 2.50. The molecule has 7 nitrogen and oxygen atoms in total. The lowest BCUT2D eigenvalue weighted by molar-refractivity contribution is 0.102. The van der Waals surface area contributed by atoms with Gasteiger partial charge in [0.05, 0.1) is 5.56 Å². The Morgan fingerprint density at radius 2 is 2.11 bits per heavy atom. The van der Waals surface area contributed by atoms with Crippen LogP contribution in [-0.2, 0) is 6.42 Å². The molecule has 0 spiro atoms. The van der Waals surface area contributed by atoms with E-state index in [0.717, 1.165) is 17.5 Å². The van der Waals surface area contributed by atoms with E-state index in [0.29, 0.717) is 22.8 Å². The van der Waals surface area contributed by atoms with Crippen molar-refractivity contribution >= 4 is 29.5 Å². The fourth-order valence-electron chi connectivity index (χ4n) is 2.34. The lowest BCUT2D eigenvalue weighted by atomic mass is 10.1. The molecule has 0 unspecified atom stereocenters. The number of rotatable bonds is 7. The molecule has 0 saturated heterocycles. The Balaban J connectivity index is 1.48. The van der Waals surface area contributed by atoms with Gasteiger partial charge in [-0.2, -0.15) is 0 Å². The van der Waals surface area contributed by atoms with E-state index in [1.165, 1.54) is 0 Å². The standard InChI is InChI=1S/C20H18ClN5O2/c1-14-8-11-22-13-16(14)19(27)26-18-7-6-15(12-24-18)4-2-10-25-28-20-17(21)5-3-9-23-20/h3,5-13H,2,4H2,1H3,(H,24,26,27)/b25-10+. The fraction of sp³-hybridized carbons (Fsp3) is 0.150. The number of nitrogens with zero attached hydrogens (tertiary/aromatic N) is 4. The third-order valence-electron chi connectivity index (χ3n) is 3.85. The van der Waals surface area contributed by atoms with Crippen LogP contribution in [0.2, 0.25) is 5.02 Å². The highest BCUT2D eigenvalue weighted by molar-refractivity contribution is 6.31. The van der Waals surface area contributed by atoms with Gasteiger partial charge in [0.2, 0.25) is 0 Å². The Labute approximate surface area is 167 Å². The van der Waals surface area contributed by atoms with Gasteiger partial charge in [-0.3, -0.25) is 9.78 Å². The zero-order valence-electron chi connectivity index (χ0n) is 15.2. The van der Waals surface area contributed by atoms with Crippen molar-refractivity contribution in [3.8, 4) is 5.88 Å². The van der Waals surface area contributed by atoms with E-state index < -0.39 is 0 Å². The van der Waals surface area contributed by atoms with Gasteiger partial charge in [0.1, 0.15) is 10.8 Å². The number of anilines is 1. The van der Waals surface area contributed by atoms with Crippen LogP contribution in [-0.4, -0.2) is 27.1 Å². The highest BCUT2D eigenvalue weighted by Gasteiger charge is 2.09. The highest BCUT2D eigenvalue weighted by atomic mass is 35.5. The molecule has 3 rings (SSSR count). The Kier molecular flexibility index (Phi) is 6.64. The quantitative estimate of drug-likeness (QED) is 0.481. The first kappa shape index (κ1) is 19.4. The predicted octanol–water partition coefficient (Wildman–Crippen LogP) is 4.08. The van der Waals surface area contributed by atoms with E-state index in [-0.39, 0.29) is 11.8 Å². The molecule has 0 saturated carbocycles. The summed E-state index contributed by atoms with van der Waals surface area (Å²) >= 11 is 5.93. The van der Waals surface area contributed by atoms with Crippen molar-refractivity contribution in [2.45, 2.75) is 19.8 Å². The number of halogens is 1. The molecule has 0 aromatic carbocycles. The third kappa shape index (κ3) is 5.34. The van der Waals surface area contributed by atoms with Crippen LogP contribution >= 0.6 is 11.6 Å². The normalized spacial score (nSPS) is 10.8. The van der Waals surface area contributed by atoms with Crippen LogP contribution in [0.5, 0.6) is 5.88 Å². The maximum absolute atomic E-state index is 12.3. The topological polar surface area (TPSA) is 89.4 Å². The van der Waals surface area contributed by atoms with Crippen molar-refractivity contribution in [2.75, 3.05) is 5.32 Å². The van der Waals surface area contributed by atoms with Crippen LogP contribution in [0.15, 0.2) is 60.3 Å². The molecule has 3 aromatic heterocycles. The van der Waals surface area contributed by atoms with E-state index in [1.54, 1.807) is 55.3 Å². The number of nitrogens with one attached hydrogen (secondary N) is 1. The second kappa shape index (κ2) is 9.57. The molecule has 0 radical (unpaired) electrons. The first-order chi connectivity index (χ1) is 13.6. The van der Waals surface area contributed by atoms with E-state index >= 15 is 0 Å². The molecule has 0 aliphatic carbocycles. The van der Waals surface area contributed by atoms with Crippen molar-refractivity contribution in [3.05, 3.63) is 76.8 Å². The number of carbonyl (C=O) groups excluding carboxylic acids is 1. The van der Waals surface area contributed by atoms with Gasteiger partial charge < -0.3 is 10.2 Å². The number of oxime groups is 1. The van der Waals surface area contributed by atoms with Gasteiger partial charge in [0, 0.05) is 31.0 Å². The summed E-state index contributed by atoms with van der Waals surface area (Å²) in [6.45, 7) is 1.86. The zero-order valence-corrected chi connectivity index (χ0v) is 15.9. The average molecular weight is 396 g/mol. The van der Waals surface area contributed by atoms with E-state index in [1.807, 2.05) is 13.0 Å². The Hall–Kier alpha value is -3.32. The minimum absolute atomic E-state index is 0.233. The summed E-state index contributed by atoms with van der Waals surface area (Å²) in [6, 6.07) is 8.86. The summed E-state index contributed by atoms with van der Waals surface area (Å²) in [5, 5.41) is 7.04. The van der Waals surface area contributed by atoms with Crippen LogP contribution in [0.25, 0.3) is 0 Å². The summed E-state index contributed by atoms with van der Waals surface area (Å²) in [7, 11) is 0. The molecule has 3 aromatic rings. The molecule has 0 atom stereocenters. The van der Waals surface area contributed by atoms with Gasteiger partial charge >= 0.3 is 0 Å². The van der Waals surface area contributed by atoms with Crippen LogP contribution in [0, 0.1) is 6.92 Å². The zero-order chi connectivity index (χ0) is 19.8. The van der Waals surface area contributed by atoms with Gasteiger partial charge in [-0.1, -0.05) is 22.8 Å². The second-order valence-corrected chi connectivity index (χ2v) is 6.31. The molecule has 1 N–H and O–H groups in total. The van der Waals surface area contributed by atoms with Gasteiger partial charge in [0.25, 0.3) is 11.8 Å². The summed E-state index contributed by atoms with van der Waals surface area (Å²) in [6.07, 6.45) is 9.52. The van der Waals surface area contributed by atoms with Crippen LogP contribution in [0.3, 0.4) is 0 Å². The average Bonchev–Trinajstić information content (AvgIpc) is 2.70. The summed E-state index contributed by atoms with van der Waals surface area (Å²) in [5.41, 5.74) is 2.40. The molecule has 0 bridgehead atoms. The summed E-state index contributed by atoms with van der Waals surface area (Å²) in [4.78, 5) is 29.7. The maximum Gasteiger partial charge on any atom is 0.267 e. The Morgan fingerprint density at radius 1 is 1.21 bits per heavy atom. The van der Waals surface area contributed by atoms with Crippen molar-refractivity contribution in [2.24, 2.45) is 5.16 Å². The molecule has 0 aliphatic heterocycles. The Bertz CT molecular complexity index is 976. The smallest absolute Gasteiger partial charge is 0.267 e. The number of hydrogen-bond donors (Lipinski definition) is 1. The van der Waals surface area contributed by atoms with Crippen LogP contribution in [0.1, 0.15) is 27.9 Å². The lowest BCUT2D eigenvalue weighted by Gasteiger charge is -2.07. The van der Waals surface area contributed by atoms with Gasteiger partial charge in [-0.05, 0) is 55.2 Å². The van der Waals surface area contributed by atoms with Crippen molar-refractivity contribution in [3.63, 3.8) is 0 Å². The molecule has 1 amide bonds. The van der Waals surface area contributed by atoms with Gasteiger partial charge in [-0.15, -0.1) is 0 Å². The maximum atomic E-state index is 12.3. The molecule has 142 valence electrons. The lowest BCUT2D eigenvalue weighted by Crippen LogP contribution is -2.14. The number of aromatic nitrogens is 3. The van der Waals surface area contributed by atoms with Gasteiger partial charge in [-0.25, -0.2) is 9.97 Å². The summed E-state index contributed by atoms with van der Waals surface area (Å²) < 4.78 is 0. The van der Waals surface area contributed by atoms with Gasteiger partial charge in [0.15, 0.2) is 0 Å². The molecular formula is C20H18ClN5O2. The van der Waals surface area contributed by atoms with Crippen LogP contribution < -0.4 is 10.2 Å². The number of pyridine rings is 3. The van der Waals surface area contributed by atoms with E-state index in [4.69, 9.17) is 16.4 Å². The second-order valence-electron chi connectivity index (χ2n) is 5.90. The molecule has 8 heteroatoms. The third-order valence-corrected chi connectivity index (χ3v) is 4.14. The van der Waals surface area contributed by atoms with E-state index in [9.17, 15) is 4.79 Å². The summed E-state index contributed by atoms with van der Waals surface area (Å²) in [5.74, 6) is 0.521. The molecule has 3 heterocycles.